The van der Waals surface area contributed by atoms with E-state index in [1.165, 1.54) is 0 Å². The molecule has 0 aromatic heterocycles. The van der Waals surface area contributed by atoms with Crippen LogP contribution in [0.25, 0.3) is 0 Å². The molecule has 11 unspecified atom stereocenters. The van der Waals surface area contributed by atoms with Crippen molar-refractivity contribution >= 4 is 7.82 Å². The number of hydrogen-bond acceptors (Lipinski definition) is 12. The minimum Gasteiger partial charge on any atom is -0.394 e. The highest BCUT2D eigenvalue weighted by Crippen LogP contribution is 2.42. The van der Waals surface area contributed by atoms with Crippen LogP contribution in [0.15, 0.2) is 0 Å². The maximum Gasteiger partial charge on any atom is 0.470 e. The molecule has 1 heterocycles. The van der Waals surface area contributed by atoms with Crippen molar-refractivity contribution in [2.75, 3.05) is 6.61 Å². The minimum atomic E-state index is -5.27. The fourth-order valence-corrected chi connectivity index (χ4v) is 3.52. The lowest BCUT2D eigenvalue weighted by Crippen LogP contribution is -2.67. The number of phosphoric acid groups is 1. The molecule has 0 spiro atoms. The SMILES string of the molecule is O=P(O)(O)OC1C(O)C(O)C(O)C(O)C1OC1OC(CO)C(O)C(O)C1O. The summed E-state index contributed by atoms with van der Waals surface area (Å²) in [6.45, 7) is -0.801. The zero-order valence-corrected chi connectivity index (χ0v) is 14.5. The van der Waals surface area contributed by atoms with Crippen molar-refractivity contribution in [3.05, 3.63) is 0 Å². The molecule has 27 heavy (non-hydrogen) atoms. The van der Waals surface area contributed by atoms with Crippen LogP contribution in [-0.4, -0.2) is 125 Å². The first-order valence-corrected chi connectivity index (χ1v) is 9.34. The number of phosphoric ester groups is 1. The molecule has 14 nitrogen and oxygen atoms in total. The Morgan fingerprint density at radius 2 is 1.22 bits per heavy atom. The number of aliphatic hydroxyl groups excluding tert-OH is 8. The number of rotatable bonds is 5. The largest absolute Gasteiger partial charge is 0.470 e. The monoisotopic (exact) mass is 422 g/mol. The molecule has 2 rings (SSSR count). The Balaban J connectivity index is 2.27. The molecule has 15 heteroatoms. The topological polar surface area (TPSA) is 247 Å². The average molecular weight is 422 g/mol. The maximum atomic E-state index is 11.1. The van der Waals surface area contributed by atoms with Crippen molar-refractivity contribution in [1.82, 2.24) is 0 Å². The summed E-state index contributed by atoms with van der Waals surface area (Å²) in [7, 11) is -5.27. The molecule has 0 amide bonds. The van der Waals surface area contributed by atoms with Crippen LogP contribution in [0.3, 0.4) is 0 Å². The highest BCUT2D eigenvalue weighted by Gasteiger charge is 2.54. The van der Waals surface area contributed by atoms with E-state index in [0.717, 1.165) is 0 Å². The smallest absolute Gasteiger partial charge is 0.394 e. The molecule has 0 bridgehead atoms. The lowest BCUT2D eigenvalue weighted by molar-refractivity contribution is -0.338. The van der Waals surface area contributed by atoms with Gasteiger partial charge in [-0.15, -0.1) is 0 Å². The summed E-state index contributed by atoms with van der Waals surface area (Å²) in [6.07, 6.45) is -21.1. The van der Waals surface area contributed by atoms with Gasteiger partial charge in [-0.25, -0.2) is 4.57 Å². The Kier molecular flexibility index (Phi) is 7.33. The van der Waals surface area contributed by atoms with Crippen LogP contribution in [0.2, 0.25) is 0 Å². The zero-order valence-electron chi connectivity index (χ0n) is 13.6. The van der Waals surface area contributed by atoms with Crippen molar-refractivity contribution in [3.8, 4) is 0 Å². The summed E-state index contributed by atoms with van der Waals surface area (Å²) in [5, 5.41) is 78.0. The van der Waals surface area contributed by atoms with Crippen LogP contribution in [0, 0.1) is 0 Å². The Bertz CT molecular complexity index is 540. The predicted molar refractivity (Wildman–Crippen MR) is 79.6 cm³/mol. The van der Waals surface area contributed by atoms with Gasteiger partial charge in [-0.2, -0.15) is 0 Å². The van der Waals surface area contributed by atoms with Gasteiger partial charge in [0.15, 0.2) is 6.29 Å². The first kappa shape index (κ1) is 23.0. The van der Waals surface area contributed by atoms with Crippen LogP contribution < -0.4 is 0 Å². The molecule has 0 radical (unpaired) electrons. The minimum absolute atomic E-state index is 0.801. The molecule has 1 aliphatic carbocycles. The Hall–Kier alpha value is -0.290. The van der Waals surface area contributed by atoms with Gasteiger partial charge in [-0.3, -0.25) is 4.52 Å². The predicted octanol–water partition coefficient (Wildman–Crippen LogP) is -5.89. The van der Waals surface area contributed by atoms with Gasteiger partial charge in [-0.05, 0) is 0 Å². The van der Waals surface area contributed by atoms with Gasteiger partial charge in [0.25, 0.3) is 0 Å². The van der Waals surface area contributed by atoms with Crippen LogP contribution in [0.4, 0.5) is 0 Å². The molecule has 10 N–H and O–H groups in total. The van der Waals surface area contributed by atoms with E-state index in [4.69, 9.17) is 24.4 Å². The standard InChI is InChI=1S/C12H23O14P/c13-1-2-3(14)4(15)9(20)12(24-2)25-10-7(18)5(16)6(17)8(19)11(10)26-27(21,22)23/h2-20H,1H2,(H2,21,22,23). The second-order valence-corrected chi connectivity index (χ2v) is 7.51. The highest BCUT2D eigenvalue weighted by molar-refractivity contribution is 7.46. The third-order valence-corrected chi connectivity index (χ3v) is 4.96. The van der Waals surface area contributed by atoms with E-state index in [-0.39, 0.29) is 0 Å². The zero-order chi connectivity index (χ0) is 20.7. The summed E-state index contributed by atoms with van der Waals surface area (Å²) < 4.78 is 25.7. The fourth-order valence-electron chi connectivity index (χ4n) is 2.95. The van der Waals surface area contributed by atoms with Crippen molar-refractivity contribution < 1.29 is 69.2 Å². The van der Waals surface area contributed by atoms with Crippen molar-refractivity contribution in [3.63, 3.8) is 0 Å². The van der Waals surface area contributed by atoms with Gasteiger partial charge >= 0.3 is 7.82 Å². The second kappa shape index (κ2) is 8.61. The molecular formula is C12H23O14P. The van der Waals surface area contributed by atoms with E-state index >= 15 is 0 Å². The van der Waals surface area contributed by atoms with Crippen molar-refractivity contribution in [2.24, 2.45) is 0 Å². The van der Waals surface area contributed by atoms with Gasteiger partial charge in [0.2, 0.25) is 0 Å². The lowest BCUT2D eigenvalue weighted by Gasteiger charge is -2.46. The average Bonchev–Trinajstić information content (AvgIpc) is 2.60. The Morgan fingerprint density at radius 3 is 1.70 bits per heavy atom. The Morgan fingerprint density at radius 1 is 0.741 bits per heavy atom. The molecular weight excluding hydrogens is 399 g/mol. The van der Waals surface area contributed by atoms with Crippen LogP contribution >= 0.6 is 7.82 Å². The van der Waals surface area contributed by atoms with Gasteiger partial charge in [0.05, 0.1) is 6.61 Å². The normalized spacial score (nSPS) is 49.2. The Labute approximate surface area is 152 Å². The van der Waals surface area contributed by atoms with E-state index in [0.29, 0.717) is 0 Å². The van der Waals surface area contributed by atoms with Gasteiger partial charge in [0.1, 0.15) is 61.0 Å². The van der Waals surface area contributed by atoms with Gasteiger partial charge < -0.3 is 60.1 Å². The quantitative estimate of drug-likeness (QED) is 0.185. The van der Waals surface area contributed by atoms with E-state index in [1.807, 2.05) is 0 Å². The first-order valence-electron chi connectivity index (χ1n) is 7.81. The molecule has 160 valence electrons. The summed E-state index contributed by atoms with van der Waals surface area (Å²) >= 11 is 0. The summed E-state index contributed by atoms with van der Waals surface area (Å²) in [6, 6.07) is 0. The molecule has 0 aromatic rings. The second-order valence-electron chi connectivity index (χ2n) is 6.32. The number of hydrogen-bond donors (Lipinski definition) is 10. The van der Waals surface area contributed by atoms with Crippen LogP contribution in [-0.2, 0) is 18.6 Å². The molecule has 1 saturated heterocycles. The summed E-state index contributed by atoms with van der Waals surface area (Å²) in [5.41, 5.74) is 0. The third kappa shape index (κ3) is 4.83. The number of ether oxygens (including phenoxy) is 2. The van der Waals surface area contributed by atoms with Crippen molar-refractivity contribution in [2.45, 2.75) is 67.3 Å². The fraction of sp³-hybridized carbons (Fsp3) is 1.00. The molecule has 1 aliphatic heterocycles. The van der Waals surface area contributed by atoms with Crippen LogP contribution in [0.5, 0.6) is 0 Å². The van der Waals surface area contributed by atoms with Crippen molar-refractivity contribution in [1.29, 1.82) is 0 Å². The highest BCUT2D eigenvalue weighted by atomic mass is 31.2. The van der Waals surface area contributed by atoms with Gasteiger partial charge in [-0.1, -0.05) is 0 Å². The van der Waals surface area contributed by atoms with Gasteiger partial charge in [0, 0.05) is 0 Å². The van der Waals surface area contributed by atoms with E-state index in [1.54, 1.807) is 0 Å². The summed E-state index contributed by atoms with van der Waals surface area (Å²) in [4.78, 5) is 17.9. The molecule has 2 fully saturated rings. The molecule has 2 aliphatic rings. The molecule has 0 aromatic carbocycles. The van der Waals surface area contributed by atoms with Crippen LogP contribution in [0.1, 0.15) is 0 Å². The lowest BCUT2D eigenvalue weighted by atomic mass is 9.84. The van der Waals surface area contributed by atoms with E-state index in [9.17, 15) is 40.3 Å². The van der Waals surface area contributed by atoms with E-state index in [2.05, 4.69) is 4.52 Å². The first-order chi connectivity index (χ1) is 12.4. The molecule has 1 saturated carbocycles. The number of aliphatic hydroxyl groups is 8. The maximum absolute atomic E-state index is 11.1. The molecule has 11 atom stereocenters. The third-order valence-electron chi connectivity index (χ3n) is 4.45. The summed E-state index contributed by atoms with van der Waals surface area (Å²) in [5.74, 6) is 0. The van der Waals surface area contributed by atoms with E-state index < -0.39 is 81.8 Å².